The van der Waals surface area contributed by atoms with Gasteiger partial charge in [0.05, 0.1) is 17.6 Å². The van der Waals surface area contributed by atoms with Crippen molar-refractivity contribution >= 4 is 17.7 Å². The zero-order valence-corrected chi connectivity index (χ0v) is 11.5. The zero-order valence-electron chi connectivity index (χ0n) is 9.78. The summed E-state index contributed by atoms with van der Waals surface area (Å²) in [5, 5.41) is 0. The van der Waals surface area contributed by atoms with E-state index in [4.69, 9.17) is 9.79 Å². The quantitative estimate of drug-likeness (QED) is 0.709. The van der Waals surface area contributed by atoms with Crippen molar-refractivity contribution in [2.45, 2.75) is 38.7 Å². The second-order valence-corrected chi connectivity index (χ2v) is 7.98. The number of sulfone groups is 1. The normalized spacial score (nSPS) is 20.6. The molecule has 1 rings (SSSR count). The molecule has 0 heterocycles. The highest BCUT2D eigenvalue weighted by Crippen LogP contribution is 2.37. The molecule has 1 unspecified atom stereocenters. The molecule has 0 aromatic rings. The maximum atomic E-state index is 11.7. The molecule has 2 N–H and O–H groups in total. The highest BCUT2D eigenvalue weighted by atomic mass is 32.2. The Kier molecular flexibility index (Phi) is 5.16. The molecule has 0 amide bonds. The van der Waals surface area contributed by atoms with Crippen LogP contribution in [-0.4, -0.2) is 35.8 Å². The van der Waals surface area contributed by atoms with Crippen LogP contribution in [0, 0.1) is 5.92 Å². The van der Waals surface area contributed by atoms with E-state index in [-0.39, 0.29) is 17.4 Å². The minimum Gasteiger partial charge on any atom is -0.303 e. The van der Waals surface area contributed by atoms with Gasteiger partial charge in [-0.05, 0) is 25.7 Å². The fourth-order valence-electron chi connectivity index (χ4n) is 2.23. The van der Waals surface area contributed by atoms with E-state index in [0.29, 0.717) is 0 Å². The molecule has 0 aromatic heterocycles. The SMILES string of the molecule is CC(CS(=O)(=O)CC1CCCC1)OP(=O)(O)O. The van der Waals surface area contributed by atoms with E-state index < -0.39 is 23.8 Å². The van der Waals surface area contributed by atoms with E-state index in [2.05, 4.69) is 4.52 Å². The number of phosphoric acid groups is 1. The highest BCUT2D eigenvalue weighted by Gasteiger charge is 2.27. The lowest BCUT2D eigenvalue weighted by Crippen LogP contribution is -2.25. The molecule has 1 aliphatic carbocycles. The summed E-state index contributed by atoms with van der Waals surface area (Å²) in [6.45, 7) is 1.35. The standard InChI is InChI=1S/C9H19O6PS/c1-8(15-16(10,11)12)6-17(13,14)7-9-4-2-3-5-9/h8-9H,2-7H2,1H3,(H2,10,11,12). The minimum absolute atomic E-state index is 0.0991. The summed E-state index contributed by atoms with van der Waals surface area (Å²) in [5.41, 5.74) is 0. The van der Waals surface area contributed by atoms with Crippen LogP contribution in [0.2, 0.25) is 0 Å². The fraction of sp³-hybridized carbons (Fsp3) is 1.00. The Morgan fingerprint density at radius 3 is 2.35 bits per heavy atom. The monoisotopic (exact) mass is 286 g/mol. The van der Waals surface area contributed by atoms with Gasteiger partial charge in [0, 0.05) is 0 Å². The Morgan fingerprint density at radius 1 is 1.35 bits per heavy atom. The molecule has 0 bridgehead atoms. The first-order valence-electron chi connectivity index (χ1n) is 5.62. The van der Waals surface area contributed by atoms with Gasteiger partial charge in [-0.25, -0.2) is 13.0 Å². The average molecular weight is 286 g/mol. The number of phosphoric ester groups is 1. The molecule has 8 heteroatoms. The minimum atomic E-state index is -4.61. The zero-order chi connectivity index (χ0) is 13.1. The molecule has 6 nitrogen and oxygen atoms in total. The van der Waals surface area contributed by atoms with Gasteiger partial charge in [0.1, 0.15) is 0 Å². The molecule has 1 fully saturated rings. The first-order valence-corrected chi connectivity index (χ1v) is 8.97. The van der Waals surface area contributed by atoms with Gasteiger partial charge in [-0.1, -0.05) is 12.8 Å². The van der Waals surface area contributed by atoms with Crippen molar-refractivity contribution in [3.05, 3.63) is 0 Å². The Morgan fingerprint density at radius 2 is 1.88 bits per heavy atom. The van der Waals surface area contributed by atoms with Crippen LogP contribution in [0.25, 0.3) is 0 Å². The summed E-state index contributed by atoms with van der Waals surface area (Å²) in [5.74, 6) is -0.0431. The summed E-state index contributed by atoms with van der Waals surface area (Å²) in [7, 11) is -7.91. The molecule has 1 atom stereocenters. The third kappa shape index (κ3) is 6.52. The third-order valence-corrected chi connectivity index (χ3v) is 5.36. The first kappa shape index (κ1) is 15.1. The van der Waals surface area contributed by atoms with Gasteiger partial charge in [0.15, 0.2) is 9.84 Å². The Hall–Kier alpha value is 0.0600. The van der Waals surface area contributed by atoms with Crippen molar-refractivity contribution in [1.82, 2.24) is 0 Å². The van der Waals surface area contributed by atoms with Gasteiger partial charge in [0.25, 0.3) is 0 Å². The van der Waals surface area contributed by atoms with E-state index >= 15 is 0 Å². The molecule has 0 aromatic carbocycles. The number of hydrogen-bond acceptors (Lipinski definition) is 4. The van der Waals surface area contributed by atoms with Gasteiger partial charge in [0.2, 0.25) is 0 Å². The van der Waals surface area contributed by atoms with Gasteiger partial charge in [-0.15, -0.1) is 0 Å². The Labute approximate surface area is 102 Å². The second kappa shape index (κ2) is 5.80. The van der Waals surface area contributed by atoms with Crippen molar-refractivity contribution in [3.8, 4) is 0 Å². The average Bonchev–Trinajstić information content (AvgIpc) is 2.49. The van der Waals surface area contributed by atoms with Gasteiger partial charge < -0.3 is 9.79 Å². The maximum Gasteiger partial charge on any atom is 0.469 e. The largest absolute Gasteiger partial charge is 0.469 e. The predicted octanol–water partition coefficient (Wildman–Crippen LogP) is 1.09. The lowest BCUT2D eigenvalue weighted by molar-refractivity contribution is 0.158. The lowest BCUT2D eigenvalue weighted by atomic mass is 10.1. The van der Waals surface area contributed by atoms with Crippen LogP contribution in [-0.2, 0) is 18.9 Å². The van der Waals surface area contributed by atoms with Crippen LogP contribution in [0.5, 0.6) is 0 Å². The van der Waals surface area contributed by atoms with Crippen LogP contribution in [0.4, 0.5) is 0 Å². The second-order valence-electron chi connectivity index (χ2n) is 4.63. The third-order valence-electron chi connectivity index (χ3n) is 2.77. The van der Waals surface area contributed by atoms with Crippen molar-refractivity contribution in [2.24, 2.45) is 5.92 Å². The summed E-state index contributed by atoms with van der Waals surface area (Å²) >= 11 is 0. The summed E-state index contributed by atoms with van der Waals surface area (Å²) in [4.78, 5) is 17.1. The van der Waals surface area contributed by atoms with Crippen molar-refractivity contribution in [1.29, 1.82) is 0 Å². The predicted molar refractivity (Wildman–Crippen MR) is 63.2 cm³/mol. The van der Waals surface area contributed by atoms with Gasteiger partial charge >= 0.3 is 7.82 Å². The smallest absolute Gasteiger partial charge is 0.303 e. The molecule has 1 saturated carbocycles. The molecule has 17 heavy (non-hydrogen) atoms. The van der Waals surface area contributed by atoms with Gasteiger partial charge in [-0.3, -0.25) is 4.52 Å². The van der Waals surface area contributed by atoms with Crippen molar-refractivity contribution in [3.63, 3.8) is 0 Å². The maximum absolute atomic E-state index is 11.7. The van der Waals surface area contributed by atoms with Crippen LogP contribution in [0.15, 0.2) is 0 Å². The molecular weight excluding hydrogens is 267 g/mol. The Balaban J connectivity index is 2.45. The molecule has 102 valence electrons. The van der Waals surface area contributed by atoms with Crippen LogP contribution >= 0.6 is 7.82 Å². The Bertz CT molecular complexity index is 380. The lowest BCUT2D eigenvalue weighted by Gasteiger charge is -2.15. The van der Waals surface area contributed by atoms with E-state index in [0.717, 1.165) is 25.7 Å². The summed E-state index contributed by atoms with van der Waals surface area (Å²) < 4.78 is 38.4. The van der Waals surface area contributed by atoms with E-state index in [1.807, 2.05) is 0 Å². The molecule has 0 aliphatic heterocycles. The fourth-order valence-corrected chi connectivity index (χ4v) is 4.84. The van der Waals surface area contributed by atoms with E-state index in [9.17, 15) is 13.0 Å². The van der Waals surface area contributed by atoms with Crippen LogP contribution < -0.4 is 0 Å². The first-order chi connectivity index (χ1) is 7.68. The summed E-state index contributed by atoms with van der Waals surface area (Å²) in [6, 6.07) is 0. The molecule has 0 saturated heterocycles. The molecule has 0 radical (unpaired) electrons. The van der Waals surface area contributed by atoms with E-state index in [1.165, 1.54) is 6.92 Å². The van der Waals surface area contributed by atoms with E-state index in [1.54, 1.807) is 0 Å². The summed E-state index contributed by atoms with van der Waals surface area (Å²) in [6.07, 6.45) is 2.99. The van der Waals surface area contributed by atoms with Gasteiger partial charge in [-0.2, -0.15) is 0 Å². The van der Waals surface area contributed by atoms with Crippen LogP contribution in [0.3, 0.4) is 0 Å². The van der Waals surface area contributed by atoms with Crippen LogP contribution in [0.1, 0.15) is 32.6 Å². The molecule has 0 spiro atoms. The van der Waals surface area contributed by atoms with Crippen molar-refractivity contribution < 1.29 is 27.3 Å². The highest BCUT2D eigenvalue weighted by molar-refractivity contribution is 7.91. The number of hydrogen-bond donors (Lipinski definition) is 2. The molecule has 1 aliphatic rings. The topological polar surface area (TPSA) is 101 Å². The van der Waals surface area contributed by atoms with Crippen molar-refractivity contribution in [2.75, 3.05) is 11.5 Å². The molecular formula is C9H19O6PS. The number of rotatable bonds is 6.